The average molecular weight is 430 g/mol. The smallest absolute Gasteiger partial charge is 0.255 e. The van der Waals surface area contributed by atoms with Gasteiger partial charge in [-0.05, 0) is 49.6 Å². The van der Waals surface area contributed by atoms with Crippen molar-refractivity contribution in [3.05, 3.63) is 58.6 Å². The van der Waals surface area contributed by atoms with Crippen LogP contribution < -0.4 is 9.47 Å². The molecule has 2 aromatic rings. The first-order valence-corrected chi connectivity index (χ1v) is 10.9. The van der Waals surface area contributed by atoms with Gasteiger partial charge in [-0.2, -0.15) is 0 Å². The second-order valence-corrected chi connectivity index (χ2v) is 8.64. The summed E-state index contributed by atoms with van der Waals surface area (Å²) in [7, 11) is 3.25. The Kier molecular flexibility index (Phi) is 5.94. The predicted molar refractivity (Wildman–Crippen MR) is 116 cm³/mol. The van der Waals surface area contributed by atoms with E-state index in [0.29, 0.717) is 35.1 Å². The van der Waals surface area contributed by atoms with Crippen LogP contribution in [0.15, 0.2) is 42.5 Å². The van der Waals surface area contributed by atoms with Gasteiger partial charge in [-0.1, -0.05) is 36.6 Å². The third-order valence-corrected chi connectivity index (χ3v) is 7.02. The number of carbonyl (C=O) groups is 1. The molecular weight excluding hydrogens is 402 g/mol. The fourth-order valence-corrected chi connectivity index (χ4v) is 5.37. The van der Waals surface area contributed by atoms with Gasteiger partial charge in [-0.3, -0.25) is 4.79 Å². The lowest BCUT2D eigenvalue weighted by Gasteiger charge is -2.52. The maximum atomic E-state index is 13.6. The highest BCUT2D eigenvalue weighted by Gasteiger charge is 2.51. The van der Waals surface area contributed by atoms with E-state index >= 15 is 0 Å². The van der Waals surface area contributed by atoms with Crippen molar-refractivity contribution in [2.24, 2.45) is 5.92 Å². The number of benzene rings is 2. The summed E-state index contributed by atoms with van der Waals surface area (Å²) in [6.07, 6.45) is 4.22. The second kappa shape index (κ2) is 8.48. The van der Waals surface area contributed by atoms with E-state index in [1.54, 1.807) is 26.4 Å². The Labute approximate surface area is 182 Å². The number of aliphatic hydroxyl groups is 1. The molecule has 3 atom stereocenters. The molecule has 0 bridgehead atoms. The molecule has 1 saturated heterocycles. The summed E-state index contributed by atoms with van der Waals surface area (Å²) in [6.45, 7) is 0.460. The van der Waals surface area contributed by atoms with Crippen molar-refractivity contribution >= 4 is 17.5 Å². The Morgan fingerprint density at radius 2 is 1.93 bits per heavy atom. The molecule has 1 heterocycles. The number of carbonyl (C=O) groups excluding carboxylic acids is 1. The lowest BCUT2D eigenvalue weighted by Crippen LogP contribution is -2.56. The summed E-state index contributed by atoms with van der Waals surface area (Å²) in [5, 5.41) is 11.9. The van der Waals surface area contributed by atoms with Crippen LogP contribution in [0, 0.1) is 5.92 Å². The van der Waals surface area contributed by atoms with Crippen LogP contribution in [-0.4, -0.2) is 42.3 Å². The summed E-state index contributed by atoms with van der Waals surface area (Å²) in [4.78, 5) is 15.5. The number of amides is 1. The minimum atomic E-state index is -0.783. The zero-order valence-electron chi connectivity index (χ0n) is 17.4. The third-order valence-electron chi connectivity index (χ3n) is 6.69. The SMILES string of the molecule is COc1ccc(OC)c([C@@H]2[C@H]3CCCC[C@@]3(O)CCN2C(=O)c2ccccc2Cl)c1. The van der Waals surface area contributed by atoms with Crippen molar-refractivity contribution in [2.75, 3.05) is 20.8 Å². The summed E-state index contributed by atoms with van der Waals surface area (Å²) in [5.41, 5.74) is 0.559. The molecule has 2 fully saturated rings. The molecule has 30 heavy (non-hydrogen) atoms. The Morgan fingerprint density at radius 1 is 1.13 bits per heavy atom. The molecule has 1 aliphatic heterocycles. The zero-order valence-corrected chi connectivity index (χ0v) is 18.2. The van der Waals surface area contributed by atoms with Crippen LogP contribution in [0.3, 0.4) is 0 Å². The number of rotatable bonds is 4. The van der Waals surface area contributed by atoms with Gasteiger partial charge in [0.15, 0.2) is 0 Å². The fourth-order valence-electron chi connectivity index (χ4n) is 5.15. The van der Waals surface area contributed by atoms with Crippen LogP contribution in [0.2, 0.25) is 5.02 Å². The van der Waals surface area contributed by atoms with Gasteiger partial charge in [0.2, 0.25) is 0 Å². The first kappa shape index (κ1) is 21.0. The highest BCUT2D eigenvalue weighted by atomic mass is 35.5. The Hall–Kier alpha value is -2.24. The van der Waals surface area contributed by atoms with Crippen molar-refractivity contribution in [1.82, 2.24) is 4.90 Å². The number of hydrogen-bond donors (Lipinski definition) is 1. The number of halogens is 1. The first-order chi connectivity index (χ1) is 14.5. The van der Waals surface area contributed by atoms with E-state index in [4.69, 9.17) is 21.1 Å². The number of likely N-dealkylation sites (tertiary alicyclic amines) is 1. The van der Waals surface area contributed by atoms with Gasteiger partial charge < -0.3 is 19.5 Å². The zero-order chi connectivity index (χ0) is 21.3. The van der Waals surface area contributed by atoms with Crippen LogP contribution in [0.5, 0.6) is 11.5 Å². The predicted octanol–water partition coefficient (Wildman–Crippen LogP) is 4.87. The molecule has 1 N–H and O–H groups in total. The molecule has 1 aliphatic carbocycles. The van der Waals surface area contributed by atoms with E-state index in [2.05, 4.69) is 0 Å². The van der Waals surface area contributed by atoms with Gasteiger partial charge in [0.05, 0.1) is 36.4 Å². The molecule has 0 aromatic heterocycles. The lowest BCUT2D eigenvalue weighted by atomic mass is 9.66. The molecule has 1 amide bonds. The van der Waals surface area contributed by atoms with Crippen molar-refractivity contribution in [3.8, 4) is 11.5 Å². The normalized spacial score (nSPS) is 26.1. The number of ether oxygens (including phenoxy) is 2. The average Bonchev–Trinajstić information content (AvgIpc) is 2.77. The molecule has 4 rings (SSSR count). The Morgan fingerprint density at radius 3 is 2.67 bits per heavy atom. The monoisotopic (exact) mass is 429 g/mol. The van der Waals surface area contributed by atoms with Gasteiger partial charge in [0, 0.05) is 18.0 Å². The van der Waals surface area contributed by atoms with Crippen LogP contribution in [0.25, 0.3) is 0 Å². The number of nitrogens with zero attached hydrogens (tertiary/aromatic N) is 1. The number of hydrogen-bond acceptors (Lipinski definition) is 4. The van der Waals surface area contributed by atoms with Crippen molar-refractivity contribution < 1.29 is 19.4 Å². The third kappa shape index (κ3) is 3.65. The standard InChI is InChI=1S/C24H28ClNO4/c1-29-16-10-11-21(30-2)18(15-16)22-19-8-5-6-12-24(19,28)13-14-26(22)23(27)17-7-3-4-9-20(17)25/h3-4,7,9-11,15,19,22,28H,5-6,8,12-14H2,1-2H3/t19-,22-,24-/m1/s1. The van der Waals surface area contributed by atoms with Crippen molar-refractivity contribution in [2.45, 2.75) is 43.7 Å². The first-order valence-electron chi connectivity index (χ1n) is 10.5. The van der Waals surface area contributed by atoms with Gasteiger partial charge in [0.1, 0.15) is 11.5 Å². The van der Waals surface area contributed by atoms with E-state index in [0.717, 1.165) is 31.2 Å². The Bertz CT molecular complexity index is 933. The summed E-state index contributed by atoms with van der Waals surface area (Å²) in [6, 6.07) is 12.4. The number of piperidine rings is 1. The topological polar surface area (TPSA) is 59.0 Å². The van der Waals surface area contributed by atoms with E-state index in [1.807, 2.05) is 35.2 Å². The molecule has 1 saturated carbocycles. The van der Waals surface area contributed by atoms with Crippen LogP contribution in [-0.2, 0) is 0 Å². The minimum absolute atomic E-state index is 0.0764. The van der Waals surface area contributed by atoms with E-state index in [9.17, 15) is 9.90 Å². The molecule has 2 aromatic carbocycles. The van der Waals surface area contributed by atoms with E-state index in [-0.39, 0.29) is 17.9 Å². The van der Waals surface area contributed by atoms with Crippen LogP contribution >= 0.6 is 11.6 Å². The van der Waals surface area contributed by atoms with Crippen molar-refractivity contribution in [3.63, 3.8) is 0 Å². The molecule has 5 nitrogen and oxygen atoms in total. The summed E-state index contributed by atoms with van der Waals surface area (Å²) >= 11 is 6.36. The Balaban J connectivity index is 1.84. The van der Waals surface area contributed by atoms with Gasteiger partial charge in [-0.25, -0.2) is 0 Å². The molecular formula is C24H28ClNO4. The van der Waals surface area contributed by atoms with Crippen molar-refractivity contribution in [1.29, 1.82) is 0 Å². The fraction of sp³-hybridized carbons (Fsp3) is 0.458. The molecule has 0 unspecified atom stereocenters. The molecule has 0 radical (unpaired) electrons. The second-order valence-electron chi connectivity index (χ2n) is 8.24. The minimum Gasteiger partial charge on any atom is -0.497 e. The largest absolute Gasteiger partial charge is 0.497 e. The number of methoxy groups -OCH3 is 2. The molecule has 160 valence electrons. The molecule has 2 aliphatic rings. The van der Waals surface area contributed by atoms with E-state index in [1.165, 1.54) is 0 Å². The van der Waals surface area contributed by atoms with Gasteiger partial charge in [-0.15, -0.1) is 0 Å². The van der Waals surface area contributed by atoms with Gasteiger partial charge in [0.25, 0.3) is 5.91 Å². The summed E-state index contributed by atoms with van der Waals surface area (Å²) < 4.78 is 11.1. The summed E-state index contributed by atoms with van der Waals surface area (Å²) in [5.74, 6) is 1.18. The van der Waals surface area contributed by atoms with Crippen LogP contribution in [0.1, 0.15) is 54.1 Å². The lowest BCUT2D eigenvalue weighted by molar-refractivity contribution is -0.115. The van der Waals surface area contributed by atoms with Crippen LogP contribution in [0.4, 0.5) is 0 Å². The maximum Gasteiger partial charge on any atom is 0.255 e. The quantitative estimate of drug-likeness (QED) is 0.753. The number of fused-ring (bicyclic) bond motifs is 1. The molecule has 6 heteroatoms. The van der Waals surface area contributed by atoms with Gasteiger partial charge >= 0.3 is 0 Å². The maximum absolute atomic E-state index is 13.6. The molecule has 0 spiro atoms. The highest BCUT2D eigenvalue weighted by Crippen LogP contribution is 2.51. The highest BCUT2D eigenvalue weighted by molar-refractivity contribution is 6.33. The van der Waals surface area contributed by atoms with E-state index < -0.39 is 5.60 Å².